The summed E-state index contributed by atoms with van der Waals surface area (Å²) in [7, 11) is 0. The number of nitrogens with zero attached hydrogens (tertiary/aromatic N) is 2. The standard InChI is InChI=1S/C17H25BrFN3O/c1-2-20-17(22-10-7-15(23)8-11-22)21-9-3-4-13-5-6-14(18)12-16(13)19/h5-6,12,15,23H,2-4,7-11H2,1H3,(H,20,21). The second-order valence-electron chi connectivity index (χ2n) is 5.79. The molecule has 0 radical (unpaired) electrons. The Labute approximate surface area is 145 Å². The van der Waals surface area contributed by atoms with Crippen LogP contribution in [0.1, 0.15) is 31.7 Å². The summed E-state index contributed by atoms with van der Waals surface area (Å²) in [5.41, 5.74) is 0.731. The number of piperidine rings is 1. The third-order valence-corrected chi connectivity index (χ3v) is 4.47. The lowest BCUT2D eigenvalue weighted by Gasteiger charge is -2.32. The number of aliphatic hydroxyl groups excluding tert-OH is 1. The molecule has 0 unspecified atom stereocenters. The minimum absolute atomic E-state index is 0.166. The molecule has 0 atom stereocenters. The summed E-state index contributed by atoms with van der Waals surface area (Å²) in [4.78, 5) is 6.83. The maximum absolute atomic E-state index is 13.8. The van der Waals surface area contributed by atoms with Crippen molar-refractivity contribution in [3.8, 4) is 0 Å². The first-order chi connectivity index (χ1) is 11.1. The van der Waals surface area contributed by atoms with E-state index in [9.17, 15) is 9.50 Å². The van der Waals surface area contributed by atoms with Gasteiger partial charge in [0.2, 0.25) is 0 Å². The highest BCUT2D eigenvalue weighted by molar-refractivity contribution is 9.10. The van der Waals surface area contributed by atoms with Gasteiger partial charge in [0.05, 0.1) is 6.10 Å². The Morgan fingerprint density at radius 3 is 2.83 bits per heavy atom. The number of nitrogens with one attached hydrogen (secondary N) is 1. The van der Waals surface area contributed by atoms with E-state index in [0.717, 1.165) is 54.9 Å². The van der Waals surface area contributed by atoms with E-state index in [1.54, 1.807) is 0 Å². The van der Waals surface area contributed by atoms with E-state index < -0.39 is 0 Å². The fraction of sp³-hybridized carbons (Fsp3) is 0.588. The molecule has 1 aromatic carbocycles. The van der Waals surface area contributed by atoms with Crippen LogP contribution >= 0.6 is 15.9 Å². The monoisotopic (exact) mass is 385 g/mol. The normalized spacial score (nSPS) is 16.7. The number of aliphatic hydroxyl groups is 1. The summed E-state index contributed by atoms with van der Waals surface area (Å²) in [6, 6.07) is 5.19. The van der Waals surface area contributed by atoms with Gasteiger partial charge in [-0.05, 0) is 50.3 Å². The molecule has 1 aromatic rings. The predicted molar refractivity (Wildman–Crippen MR) is 95.2 cm³/mol. The Balaban J connectivity index is 1.85. The molecular formula is C17H25BrFN3O. The maximum atomic E-state index is 13.8. The van der Waals surface area contributed by atoms with Crippen molar-refractivity contribution in [2.75, 3.05) is 26.2 Å². The number of rotatable bonds is 5. The number of aliphatic imine (C=N–C) groups is 1. The van der Waals surface area contributed by atoms with Gasteiger partial charge in [0.25, 0.3) is 0 Å². The van der Waals surface area contributed by atoms with Crippen LogP contribution in [0.3, 0.4) is 0 Å². The topological polar surface area (TPSA) is 47.9 Å². The molecule has 4 nitrogen and oxygen atoms in total. The number of hydrogen-bond donors (Lipinski definition) is 2. The van der Waals surface area contributed by atoms with E-state index in [1.807, 2.05) is 19.1 Å². The van der Waals surface area contributed by atoms with Crippen LogP contribution in [-0.2, 0) is 6.42 Å². The van der Waals surface area contributed by atoms with Crippen LogP contribution in [0.5, 0.6) is 0 Å². The van der Waals surface area contributed by atoms with E-state index >= 15 is 0 Å². The van der Waals surface area contributed by atoms with Crippen molar-refractivity contribution in [1.29, 1.82) is 0 Å². The lowest BCUT2D eigenvalue weighted by atomic mass is 10.1. The Kier molecular flexibility index (Phi) is 7.30. The van der Waals surface area contributed by atoms with Crippen LogP contribution in [0, 0.1) is 5.82 Å². The average molecular weight is 386 g/mol. The minimum Gasteiger partial charge on any atom is -0.393 e. The Morgan fingerprint density at radius 2 is 2.17 bits per heavy atom. The smallest absolute Gasteiger partial charge is 0.193 e. The van der Waals surface area contributed by atoms with Crippen LogP contribution in [-0.4, -0.2) is 48.2 Å². The van der Waals surface area contributed by atoms with Gasteiger partial charge in [-0.25, -0.2) is 4.39 Å². The number of hydrogen-bond acceptors (Lipinski definition) is 2. The minimum atomic E-state index is -0.186. The zero-order valence-electron chi connectivity index (χ0n) is 13.6. The Morgan fingerprint density at radius 1 is 1.43 bits per heavy atom. The van der Waals surface area contributed by atoms with Gasteiger partial charge in [0.1, 0.15) is 5.82 Å². The molecule has 1 aliphatic heterocycles. The first kappa shape index (κ1) is 18.2. The molecule has 0 aliphatic carbocycles. The van der Waals surface area contributed by atoms with Gasteiger partial charge in [0, 0.05) is 30.7 Å². The summed E-state index contributed by atoms with van der Waals surface area (Å²) >= 11 is 3.27. The third-order valence-electron chi connectivity index (χ3n) is 3.98. The average Bonchev–Trinajstić information content (AvgIpc) is 2.53. The molecule has 0 aromatic heterocycles. The molecule has 128 valence electrons. The van der Waals surface area contributed by atoms with Crippen molar-refractivity contribution in [2.45, 2.75) is 38.7 Å². The van der Waals surface area contributed by atoms with Gasteiger partial charge in [0.15, 0.2) is 5.96 Å². The van der Waals surface area contributed by atoms with Crippen molar-refractivity contribution >= 4 is 21.9 Å². The highest BCUT2D eigenvalue weighted by Gasteiger charge is 2.19. The molecule has 1 fully saturated rings. The summed E-state index contributed by atoms with van der Waals surface area (Å²) in [5.74, 6) is 0.732. The molecule has 0 spiro atoms. The first-order valence-electron chi connectivity index (χ1n) is 8.25. The van der Waals surface area contributed by atoms with Crippen molar-refractivity contribution < 1.29 is 9.50 Å². The van der Waals surface area contributed by atoms with E-state index in [2.05, 4.69) is 31.1 Å². The van der Waals surface area contributed by atoms with Crippen LogP contribution in [0.2, 0.25) is 0 Å². The number of likely N-dealkylation sites (tertiary alicyclic amines) is 1. The van der Waals surface area contributed by atoms with Crippen molar-refractivity contribution in [3.63, 3.8) is 0 Å². The number of guanidine groups is 1. The van der Waals surface area contributed by atoms with Crippen LogP contribution < -0.4 is 5.32 Å². The Bertz CT molecular complexity index is 531. The molecule has 2 rings (SSSR count). The van der Waals surface area contributed by atoms with E-state index in [4.69, 9.17) is 0 Å². The van der Waals surface area contributed by atoms with Gasteiger partial charge in [-0.3, -0.25) is 4.99 Å². The fourth-order valence-corrected chi connectivity index (χ4v) is 3.02. The lowest BCUT2D eigenvalue weighted by molar-refractivity contribution is 0.108. The maximum Gasteiger partial charge on any atom is 0.193 e. The molecule has 0 amide bonds. The molecule has 23 heavy (non-hydrogen) atoms. The van der Waals surface area contributed by atoms with Gasteiger partial charge in [-0.2, -0.15) is 0 Å². The second kappa shape index (κ2) is 9.23. The summed E-state index contributed by atoms with van der Waals surface area (Å²) < 4.78 is 14.5. The summed E-state index contributed by atoms with van der Waals surface area (Å²) in [6.45, 7) is 5.18. The highest BCUT2D eigenvalue weighted by atomic mass is 79.9. The number of benzene rings is 1. The number of halogens is 2. The SMILES string of the molecule is CCNC(=NCCCc1ccc(Br)cc1F)N1CCC(O)CC1. The van der Waals surface area contributed by atoms with Crippen LogP contribution in [0.15, 0.2) is 27.7 Å². The van der Waals surface area contributed by atoms with Gasteiger partial charge in [-0.1, -0.05) is 22.0 Å². The first-order valence-corrected chi connectivity index (χ1v) is 9.04. The molecule has 1 aliphatic rings. The van der Waals surface area contributed by atoms with Gasteiger partial charge >= 0.3 is 0 Å². The van der Waals surface area contributed by atoms with Crippen LogP contribution in [0.25, 0.3) is 0 Å². The highest BCUT2D eigenvalue weighted by Crippen LogP contribution is 2.16. The molecule has 2 N–H and O–H groups in total. The van der Waals surface area contributed by atoms with Crippen molar-refractivity contribution in [3.05, 3.63) is 34.1 Å². The summed E-state index contributed by atoms with van der Waals surface area (Å²) in [6.07, 6.45) is 2.88. The zero-order valence-corrected chi connectivity index (χ0v) is 15.1. The van der Waals surface area contributed by atoms with Crippen LogP contribution in [0.4, 0.5) is 4.39 Å². The third kappa shape index (κ3) is 5.77. The molecule has 6 heteroatoms. The molecule has 1 heterocycles. The zero-order chi connectivity index (χ0) is 16.7. The van der Waals surface area contributed by atoms with Crippen molar-refractivity contribution in [1.82, 2.24) is 10.2 Å². The van der Waals surface area contributed by atoms with E-state index in [-0.39, 0.29) is 11.9 Å². The molecule has 0 bridgehead atoms. The van der Waals surface area contributed by atoms with Crippen molar-refractivity contribution in [2.24, 2.45) is 4.99 Å². The second-order valence-corrected chi connectivity index (χ2v) is 6.71. The molecule has 1 saturated heterocycles. The van der Waals surface area contributed by atoms with E-state index in [1.165, 1.54) is 6.07 Å². The fourth-order valence-electron chi connectivity index (χ4n) is 2.68. The lowest BCUT2D eigenvalue weighted by Crippen LogP contribution is -2.46. The molecular weight excluding hydrogens is 361 g/mol. The van der Waals surface area contributed by atoms with Gasteiger partial charge in [-0.15, -0.1) is 0 Å². The quantitative estimate of drug-likeness (QED) is 0.465. The van der Waals surface area contributed by atoms with E-state index in [0.29, 0.717) is 13.0 Å². The summed E-state index contributed by atoms with van der Waals surface area (Å²) in [5, 5.41) is 12.9. The largest absolute Gasteiger partial charge is 0.393 e. The Hall–Kier alpha value is -1.14. The number of aryl methyl sites for hydroxylation is 1. The predicted octanol–water partition coefficient (Wildman–Crippen LogP) is 2.94. The molecule has 0 saturated carbocycles. The van der Waals surface area contributed by atoms with Gasteiger partial charge < -0.3 is 15.3 Å².